The fraction of sp³-hybridized carbons (Fsp3) is 0.278. The number of aromatic nitrogens is 4. The second-order valence-electron chi connectivity index (χ2n) is 5.83. The first-order valence-electron chi connectivity index (χ1n) is 8.03. The van der Waals surface area contributed by atoms with Crippen molar-refractivity contribution in [1.29, 1.82) is 0 Å². The van der Waals surface area contributed by atoms with Crippen molar-refractivity contribution >= 4 is 11.6 Å². The zero-order chi connectivity index (χ0) is 18.0. The molecule has 1 aromatic carbocycles. The Kier molecular flexibility index (Phi) is 5.01. The summed E-state index contributed by atoms with van der Waals surface area (Å²) in [5.41, 5.74) is 2.96. The average molecular weight is 359 g/mol. The predicted molar refractivity (Wildman–Crippen MR) is 96.9 cm³/mol. The highest BCUT2D eigenvalue weighted by atomic mass is 35.5. The van der Waals surface area contributed by atoms with Crippen molar-refractivity contribution in [2.75, 3.05) is 6.61 Å². The Balaban J connectivity index is 1.98. The van der Waals surface area contributed by atoms with E-state index >= 15 is 0 Å². The van der Waals surface area contributed by atoms with Crippen molar-refractivity contribution in [2.24, 2.45) is 0 Å². The van der Waals surface area contributed by atoms with Crippen LogP contribution in [-0.4, -0.2) is 31.5 Å². The third-order valence-corrected chi connectivity index (χ3v) is 4.41. The van der Waals surface area contributed by atoms with Gasteiger partial charge in [0.2, 0.25) is 0 Å². The summed E-state index contributed by atoms with van der Waals surface area (Å²) in [6, 6.07) is 6.83. The van der Waals surface area contributed by atoms with Crippen LogP contribution in [0, 0.1) is 6.92 Å². The monoisotopic (exact) mass is 358 g/mol. The van der Waals surface area contributed by atoms with Crippen LogP contribution in [0.15, 0.2) is 41.5 Å². The van der Waals surface area contributed by atoms with E-state index in [-0.39, 0.29) is 12.2 Å². The van der Waals surface area contributed by atoms with Crippen LogP contribution >= 0.6 is 11.6 Å². The molecule has 0 bridgehead atoms. The molecule has 0 amide bonds. The number of H-pyrrole nitrogens is 1. The summed E-state index contributed by atoms with van der Waals surface area (Å²) >= 11 is 6.39. The number of hydrogen-bond acceptors (Lipinski definition) is 4. The molecule has 3 aromatic rings. The molecule has 25 heavy (non-hydrogen) atoms. The predicted octanol–water partition coefficient (Wildman–Crippen LogP) is 2.74. The number of halogens is 1. The van der Waals surface area contributed by atoms with E-state index in [1.165, 1.54) is 6.07 Å². The van der Waals surface area contributed by atoms with E-state index in [0.717, 1.165) is 17.5 Å². The Bertz CT molecular complexity index is 948. The van der Waals surface area contributed by atoms with Crippen LogP contribution in [0.5, 0.6) is 0 Å². The average Bonchev–Trinajstić information content (AvgIpc) is 3.06. The standard InChI is InChI=1S/C18H19ClN4O2/c1-3-12-4-5-14(15(19)6-12)17(10-24)23-9-13(8-20-23)16-7-18(25)22-11(2)21-16/h4-9,17,24H,3,10H2,1-2H3,(H,21,22,25)/t17-/m0/s1. The van der Waals surface area contributed by atoms with Crippen molar-refractivity contribution in [1.82, 2.24) is 19.7 Å². The smallest absolute Gasteiger partial charge is 0.251 e. The Morgan fingerprint density at radius 1 is 1.36 bits per heavy atom. The molecular formula is C18H19ClN4O2. The van der Waals surface area contributed by atoms with Gasteiger partial charge in [-0.15, -0.1) is 0 Å². The molecule has 0 aliphatic heterocycles. The van der Waals surface area contributed by atoms with E-state index < -0.39 is 6.04 Å². The summed E-state index contributed by atoms with van der Waals surface area (Å²) in [7, 11) is 0. The second kappa shape index (κ2) is 7.21. The molecule has 0 spiro atoms. The van der Waals surface area contributed by atoms with E-state index in [9.17, 15) is 9.90 Å². The van der Waals surface area contributed by atoms with Gasteiger partial charge in [-0.1, -0.05) is 30.7 Å². The third kappa shape index (κ3) is 3.65. The Morgan fingerprint density at radius 3 is 2.80 bits per heavy atom. The molecule has 3 rings (SSSR count). The van der Waals surface area contributed by atoms with Crippen molar-refractivity contribution < 1.29 is 5.11 Å². The van der Waals surface area contributed by atoms with Gasteiger partial charge in [-0.2, -0.15) is 5.10 Å². The lowest BCUT2D eigenvalue weighted by atomic mass is 10.0. The maximum Gasteiger partial charge on any atom is 0.251 e. The molecule has 0 fully saturated rings. The topological polar surface area (TPSA) is 83.8 Å². The van der Waals surface area contributed by atoms with Gasteiger partial charge in [-0.25, -0.2) is 4.98 Å². The van der Waals surface area contributed by atoms with Crippen LogP contribution < -0.4 is 5.56 Å². The number of hydrogen-bond donors (Lipinski definition) is 2. The molecule has 2 heterocycles. The van der Waals surface area contributed by atoms with E-state index in [2.05, 4.69) is 22.0 Å². The Labute approximate surface area is 150 Å². The summed E-state index contributed by atoms with van der Waals surface area (Å²) < 4.78 is 1.64. The van der Waals surface area contributed by atoms with Crippen molar-refractivity contribution in [3.05, 3.63) is 69.0 Å². The molecule has 0 saturated heterocycles. The molecule has 0 unspecified atom stereocenters. The molecule has 130 valence electrons. The van der Waals surface area contributed by atoms with Crippen LogP contribution in [0.25, 0.3) is 11.3 Å². The van der Waals surface area contributed by atoms with E-state index in [1.54, 1.807) is 24.0 Å². The molecule has 7 heteroatoms. The molecule has 2 N–H and O–H groups in total. The SMILES string of the molecule is CCc1ccc([C@H](CO)n2cc(-c3cc(=O)[nH]c(C)n3)cn2)c(Cl)c1. The van der Waals surface area contributed by atoms with E-state index in [4.69, 9.17) is 11.6 Å². The number of aromatic amines is 1. The molecule has 0 aliphatic carbocycles. The van der Waals surface area contributed by atoms with Crippen LogP contribution in [0.1, 0.15) is 29.9 Å². The van der Waals surface area contributed by atoms with Crippen LogP contribution in [-0.2, 0) is 6.42 Å². The van der Waals surface area contributed by atoms with Gasteiger partial charge in [0.1, 0.15) is 11.9 Å². The highest BCUT2D eigenvalue weighted by Gasteiger charge is 2.18. The minimum Gasteiger partial charge on any atom is -0.394 e. The molecule has 0 aliphatic rings. The molecule has 2 aromatic heterocycles. The largest absolute Gasteiger partial charge is 0.394 e. The number of rotatable bonds is 5. The maximum atomic E-state index is 11.6. The number of aryl methyl sites for hydroxylation is 2. The lowest BCUT2D eigenvalue weighted by Crippen LogP contribution is -2.16. The first-order chi connectivity index (χ1) is 12.0. The second-order valence-corrected chi connectivity index (χ2v) is 6.24. The van der Waals surface area contributed by atoms with E-state index in [0.29, 0.717) is 22.1 Å². The number of aliphatic hydroxyl groups excluding tert-OH is 1. The molecule has 0 radical (unpaired) electrons. The zero-order valence-electron chi connectivity index (χ0n) is 14.0. The minimum absolute atomic E-state index is 0.145. The summed E-state index contributed by atoms with van der Waals surface area (Å²) in [5.74, 6) is 0.534. The van der Waals surface area contributed by atoms with Gasteiger partial charge in [0.25, 0.3) is 5.56 Å². The van der Waals surface area contributed by atoms with Crippen LogP contribution in [0.4, 0.5) is 0 Å². The molecule has 0 saturated carbocycles. The van der Waals surface area contributed by atoms with Gasteiger partial charge in [-0.05, 0) is 30.5 Å². The summed E-state index contributed by atoms with van der Waals surface area (Å²) in [6.07, 6.45) is 4.27. The number of nitrogens with zero attached hydrogens (tertiary/aromatic N) is 3. The molecular weight excluding hydrogens is 340 g/mol. The van der Waals surface area contributed by atoms with Gasteiger partial charge in [-0.3, -0.25) is 9.48 Å². The van der Waals surface area contributed by atoms with Gasteiger partial charge >= 0.3 is 0 Å². The van der Waals surface area contributed by atoms with E-state index in [1.807, 2.05) is 18.2 Å². The molecule has 1 atom stereocenters. The highest BCUT2D eigenvalue weighted by molar-refractivity contribution is 6.31. The quantitative estimate of drug-likeness (QED) is 0.734. The van der Waals surface area contributed by atoms with Gasteiger partial charge in [0.15, 0.2) is 0 Å². The van der Waals surface area contributed by atoms with Gasteiger partial charge in [0, 0.05) is 22.8 Å². The fourth-order valence-electron chi connectivity index (χ4n) is 2.75. The maximum absolute atomic E-state index is 11.6. The Hall–Kier alpha value is -2.44. The fourth-order valence-corrected chi connectivity index (χ4v) is 3.08. The van der Waals surface area contributed by atoms with Crippen LogP contribution in [0.3, 0.4) is 0 Å². The zero-order valence-corrected chi connectivity index (χ0v) is 14.8. The first-order valence-corrected chi connectivity index (χ1v) is 8.41. The summed E-state index contributed by atoms with van der Waals surface area (Å²) in [5, 5.41) is 14.8. The lowest BCUT2D eigenvalue weighted by molar-refractivity contribution is 0.241. The van der Waals surface area contributed by atoms with Gasteiger partial charge in [0.05, 0.1) is 18.5 Å². The Morgan fingerprint density at radius 2 is 2.16 bits per heavy atom. The van der Waals surface area contributed by atoms with Crippen molar-refractivity contribution in [2.45, 2.75) is 26.3 Å². The third-order valence-electron chi connectivity index (χ3n) is 4.08. The normalized spacial score (nSPS) is 12.3. The number of benzene rings is 1. The first kappa shape index (κ1) is 17.4. The van der Waals surface area contributed by atoms with Crippen LogP contribution in [0.2, 0.25) is 5.02 Å². The van der Waals surface area contributed by atoms with Gasteiger partial charge < -0.3 is 10.1 Å². The number of nitrogens with one attached hydrogen (secondary N) is 1. The van der Waals surface area contributed by atoms with Crippen molar-refractivity contribution in [3.63, 3.8) is 0 Å². The van der Waals surface area contributed by atoms with Crippen molar-refractivity contribution in [3.8, 4) is 11.3 Å². The highest BCUT2D eigenvalue weighted by Crippen LogP contribution is 2.28. The summed E-state index contributed by atoms with van der Waals surface area (Å²) in [6.45, 7) is 3.64. The number of aliphatic hydroxyl groups is 1. The minimum atomic E-state index is -0.407. The molecule has 6 nitrogen and oxygen atoms in total. The summed E-state index contributed by atoms with van der Waals surface area (Å²) in [4.78, 5) is 18.6. The lowest BCUT2D eigenvalue weighted by Gasteiger charge is -2.17.